The van der Waals surface area contributed by atoms with E-state index in [9.17, 15) is 19.7 Å². The third-order valence-electron chi connectivity index (χ3n) is 3.90. The van der Waals surface area contributed by atoms with E-state index >= 15 is 0 Å². The molecule has 31 heavy (non-hydrogen) atoms. The fourth-order valence-corrected chi connectivity index (χ4v) is 2.34. The summed E-state index contributed by atoms with van der Waals surface area (Å²) < 4.78 is 20.7. The van der Waals surface area contributed by atoms with Crippen LogP contribution in [0.15, 0.2) is 24.3 Å². The van der Waals surface area contributed by atoms with Gasteiger partial charge < -0.3 is 29.1 Å². The minimum atomic E-state index is -0.932. The number of carbonyl (C=O) groups excluding carboxylic acids is 2. The van der Waals surface area contributed by atoms with Gasteiger partial charge in [-0.05, 0) is 24.1 Å². The number of nitrogens with one attached hydrogen (secondary N) is 1. The summed E-state index contributed by atoms with van der Waals surface area (Å²) in [6.07, 6.45) is 0.307. The molecule has 0 aromatic heterocycles. The minimum Gasteiger partial charge on any atom is -0.490 e. The number of carbonyl (C=O) groups is 2. The van der Waals surface area contributed by atoms with Gasteiger partial charge in [-0.2, -0.15) is 0 Å². The maximum atomic E-state index is 12.0. The first kappa shape index (κ1) is 26.1. The average molecular weight is 442 g/mol. The molecule has 0 aliphatic carbocycles. The molecule has 0 bridgehead atoms. The van der Waals surface area contributed by atoms with Crippen LogP contribution in [0.3, 0.4) is 0 Å². The molecule has 11 nitrogen and oxygen atoms in total. The van der Waals surface area contributed by atoms with Gasteiger partial charge in [0.2, 0.25) is 0 Å². The number of benzene rings is 1. The van der Waals surface area contributed by atoms with E-state index in [0.29, 0.717) is 25.1 Å². The lowest BCUT2D eigenvalue weighted by atomic mass is 10.1. The van der Waals surface area contributed by atoms with Crippen molar-refractivity contribution in [3.8, 4) is 5.75 Å². The summed E-state index contributed by atoms with van der Waals surface area (Å²) in [6, 6.07) is 7.45. The molecule has 0 fully saturated rings. The number of aryl methyl sites for hydroxylation is 1. The van der Waals surface area contributed by atoms with Crippen LogP contribution in [0.1, 0.15) is 25.8 Å². The van der Waals surface area contributed by atoms with Crippen LogP contribution in [-0.2, 0) is 35.1 Å². The molecule has 0 spiro atoms. The Hall–Kier alpha value is -2.92. The third kappa shape index (κ3) is 13.1. The Labute approximate surface area is 181 Å². The van der Waals surface area contributed by atoms with Crippen molar-refractivity contribution in [1.82, 2.24) is 5.32 Å². The summed E-state index contributed by atoms with van der Waals surface area (Å²) >= 11 is 0. The number of hydrogen-bond acceptors (Lipinski definition) is 10. The van der Waals surface area contributed by atoms with Crippen molar-refractivity contribution in [1.29, 1.82) is 0 Å². The maximum Gasteiger partial charge on any atom is 0.332 e. The van der Waals surface area contributed by atoms with Crippen molar-refractivity contribution in [2.75, 3.05) is 40.1 Å². The molecular weight excluding hydrogens is 412 g/mol. The van der Waals surface area contributed by atoms with Gasteiger partial charge in [0, 0.05) is 19.0 Å². The van der Waals surface area contributed by atoms with Gasteiger partial charge >= 0.3 is 11.9 Å². The molecule has 0 aliphatic rings. The van der Waals surface area contributed by atoms with Crippen molar-refractivity contribution in [2.45, 2.75) is 38.8 Å². The van der Waals surface area contributed by atoms with Crippen LogP contribution in [0.4, 0.5) is 0 Å². The average Bonchev–Trinajstić information content (AvgIpc) is 2.74. The highest BCUT2D eigenvalue weighted by Crippen LogP contribution is 2.14. The molecule has 174 valence electrons. The van der Waals surface area contributed by atoms with E-state index in [4.69, 9.17) is 14.2 Å². The van der Waals surface area contributed by atoms with Crippen LogP contribution in [-0.4, -0.2) is 69.3 Å². The van der Waals surface area contributed by atoms with Crippen LogP contribution in [0.5, 0.6) is 5.75 Å². The number of ether oxygens (including phenoxy) is 4. The van der Waals surface area contributed by atoms with Gasteiger partial charge in [0.15, 0.2) is 0 Å². The van der Waals surface area contributed by atoms with Gasteiger partial charge in [-0.25, -0.2) is 4.79 Å². The molecule has 1 unspecified atom stereocenters. The first-order valence-electron chi connectivity index (χ1n) is 9.86. The molecule has 0 saturated heterocycles. The topological polar surface area (TPSA) is 135 Å². The van der Waals surface area contributed by atoms with Gasteiger partial charge in [-0.1, -0.05) is 26.0 Å². The van der Waals surface area contributed by atoms with Gasteiger partial charge in [-0.3, -0.25) is 4.79 Å². The number of hydrogen-bond donors (Lipinski definition) is 1. The minimum absolute atomic E-state index is 0.107. The highest BCUT2D eigenvalue weighted by Gasteiger charge is 2.16. The van der Waals surface area contributed by atoms with Crippen LogP contribution < -0.4 is 10.1 Å². The summed E-state index contributed by atoms with van der Waals surface area (Å²) in [5.41, 5.74) is 0.973. The lowest BCUT2D eigenvalue weighted by molar-refractivity contribution is -0.758. The second-order valence-corrected chi connectivity index (χ2v) is 6.82. The number of rotatable bonds is 16. The van der Waals surface area contributed by atoms with E-state index in [1.165, 1.54) is 7.11 Å². The molecule has 0 saturated carbocycles. The fraction of sp³-hybridized carbons (Fsp3) is 0.600. The molecule has 1 N–H and O–H groups in total. The summed E-state index contributed by atoms with van der Waals surface area (Å²) in [5, 5.41) is 12.3. The molecular formula is C20H30N2O9. The molecule has 0 heterocycles. The second kappa shape index (κ2) is 15.0. The highest BCUT2D eigenvalue weighted by atomic mass is 17.0. The first-order valence-corrected chi connectivity index (χ1v) is 9.86. The van der Waals surface area contributed by atoms with Gasteiger partial charge in [0.05, 0.1) is 13.7 Å². The number of esters is 2. The molecule has 0 radical (unpaired) electrons. The smallest absolute Gasteiger partial charge is 0.332 e. The lowest BCUT2D eigenvalue weighted by Gasteiger charge is -2.20. The Balaban J connectivity index is 2.46. The highest BCUT2D eigenvalue weighted by molar-refractivity contribution is 5.71. The fourth-order valence-electron chi connectivity index (χ4n) is 2.34. The lowest BCUT2D eigenvalue weighted by Crippen LogP contribution is -2.39. The van der Waals surface area contributed by atoms with Crippen LogP contribution >= 0.6 is 0 Å². The van der Waals surface area contributed by atoms with E-state index in [0.717, 1.165) is 5.56 Å². The molecule has 0 aliphatic heterocycles. The Bertz CT molecular complexity index is 680. The molecule has 1 rings (SSSR count). The molecule has 1 aromatic carbocycles. The standard InChI is InChI=1S/C20H30N2O9/c1-15(2)21-12-18(31-20(24)14-28-10-11-30-22(25)26)13-29-17-7-4-16(5-8-17)6-9-19(23)27-3/h4-5,7-8,15,18,21H,6,9-14H2,1-3H3. The Morgan fingerprint density at radius 3 is 2.45 bits per heavy atom. The summed E-state index contributed by atoms with van der Waals surface area (Å²) in [5.74, 6) is -0.282. The summed E-state index contributed by atoms with van der Waals surface area (Å²) in [7, 11) is 1.35. The molecule has 11 heteroatoms. The van der Waals surface area contributed by atoms with E-state index in [-0.39, 0.29) is 38.4 Å². The molecule has 1 atom stereocenters. The maximum absolute atomic E-state index is 12.0. The van der Waals surface area contributed by atoms with E-state index < -0.39 is 17.2 Å². The van der Waals surface area contributed by atoms with Crippen molar-refractivity contribution in [2.24, 2.45) is 0 Å². The van der Waals surface area contributed by atoms with E-state index in [2.05, 4.69) is 14.9 Å². The predicted molar refractivity (Wildman–Crippen MR) is 109 cm³/mol. The quantitative estimate of drug-likeness (QED) is 0.173. The van der Waals surface area contributed by atoms with E-state index in [1.807, 2.05) is 26.0 Å². The largest absolute Gasteiger partial charge is 0.490 e. The Kier molecular flexibility index (Phi) is 12.6. The van der Waals surface area contributed by atoms with Crippen LogP contribution in [0, 0.1) is 10.1 Å². The van der Waals surface area contributed by atoms with Crippen LogP contribution in [0.2, 0.25) is 0 Å². The summed E-state index contributed by atoms with van der Waals surface area (Å²) in [6.45, 7) is 3.70. The predicted octanol–water partition coefficient (Wildman–Crippen LogP) is 1.31. The van der Waals surface area contributed by atoms with Gasteiger partial charge in [-0.15, -0.1) is 10.1 Å². The zero-order chi connectivity index (χ0) is 23.1. The van der Waals surface area contributed by atoms with E-state index in [1.54, 1.807) is 12.1 Å². The van der Waals surface area contributed by atoms with Gasteiger partial charge in [0.25, 0.3) is 5.09 Å². The SMILES string of the molecule is COC(=O)CCc1ccc(OCC(CNC(C)C)OC(=O)COCCO[N+](=O)[O-])cc1. The second-order valence-electron chi connectivity index (χ2n) is 6.82. The Morgan fingerprint density at radius 1 is 1.13 bits per heavy atom. The summed E-state index contributed by atoms with van der Waals surface area (Å²) in [4.78, 5) is 37.3. The normalized spacial score (nSPS) is 11.6. The third-order valence-corrected chi connectivity index (χ3v) is 3.90. The first-order chi connectivity index (χ1) is 14.8. The van der Waals surface area contributed by atoms with Crippen molar-refractivity contribution < 1.29 is 38.5 Å². The number of nitrogens with zero attached hydrogens (tertiary/aromatic N) is 1. The Morgan fingerprint density at radius 2 is 1.84 bits per heavy atom. The zero-order valence-corrected chi connectivity index (χ0v) is 18.0. The van der Waals surface area contributed by atoms with Gasteiger partial charge in [0.1, 0.15) is 31.7 Å². The zero-order valence-electron chi connectivity index (χ0n) is 18.0. The van der Waals surface area contributed by atoms with Crippen molar-refractivity contribution >= 4 is 11.9 Å². The monoisotopic (exact) mass is 442 g/mol. The molecule has 1 aromatic rings. The van der Waals surface area contributed by atoms with Crippen molar-refractivity contribution in [3.63, 3.8) is 0 Å². The van der Waals surface area contributed by atoms with Crippen molar-refractivity contribution in [3.05, 3.63) is 39.9 Å². The number of methoxy groups -OCH3 is 1. The molecule has 0 amide bonds. The van der Waals surface area contributed by atoms with Crippen LogP contribution in [0.25, 0.3) is 0 Å².